The van der Waals surface area contributed by atoms with Gasteiger partial charge in [0, 0.05) is 16.2 Å². The highest BCUT2D eigenvalue weighted by Crippen LogP contribution is 2.22. The SMILES string of the molecule is O=C(Nc1ccccc1Br)c1ccnc(NCc2ccco2)c1. The zero-order valence-electron chi connectivity index (χ0n) is 12.1. The summed E-state index contributed by atoms with van der Waals surface area (Å²) in [5, 5.41) is 5.99. The van der Waals surface area contributed by atoms with E-state index in [0.717, 1.165) is 15.9 Å². The lowest BCUT2D eigenvalue weighted by atomic mass is 10.2. The van der Waals surface area contributed by atoms with Crippen molar-refractivity contribution in [3.8, 4) is 0 Å². The Morgan fingerprint density at radius 1 is 1.17 bits per heavy atom. The first-order chi connectivity index (χ1) is 11.2. The molecule has 1 aromatic carbocycles. The smallest absolute Gasteiger partial charge is 0.255 e. The maximum atomic E-state index is 12.3. The maximum absolute atomic E-state index is 12.3. The molecule has 0 saturated carbocycles. The van der Waals surface area contributed by atoms with Crippen molar-refractivity contribution in [3.05, 3.63) is 76.8 Å². The summed E-state index contributed by atoms with van der Waals surface area (Å²) in [5.74, 6) is 1.22. The first-order valence-electron chi connectivity index (χ1n) is 7.00. The van der Waals surface area contributed by atoms with Crippen LogP contribution in [-0.4, -0.2) is 10.9 Å². The molecule has 3 rings (SSSR count). The minimum atomic E-state index is -0.194. The molecule has 0 bridgehead atoms. The van der Waals surface area contributed by atoms with E-state index in [9.17, 15) is 4.79 Å². The van der Waals surface area contributed by atoms with Crippen LogP contribution >= 0.6 is 15.9 Å². The Hall–Kier alpha value is -2.60. The molecule has 0 radical (unpaired) electrons. The van der Waals surface area contributed by atoms with Crippen LogP contribution in [0.3, 0.4) is 0 Å². The van der Waals surface area contributed by atoms with Crippen molar-refractivity contribution in [3.63, 3.8) is 0 Å². The van der Waals surface area contributed by atoms with Crippen molar-refractivity contribution in [2.45, 2.75) is 6.54 Å². The zero-order chi connectivity index (χ0) is 16.1. The van der Waals surface area contributed by atoms with Crippen molar-refractivity contribution in [2.75, 3.05) is 10.6 Å². The number of halogens is 1. The number of anilines is 2. The maximum Gasteiger partial charge on any atom is 0.255 e. The Bertz CT molecular complexity index is 803. The van der Waals surface area contributed by atoms with Crippen molar-refractivity contribution >= 4 is 33.3 Å². The lowest BCUT2D eigenvalue weighted by Gasteiger charge is -2.09. The van der Waals surface area contributed by atoms with E-state index in [0.29, 0.717) is 17.9 Å². The van der Waals surface area contributed by atoms with Crippen molar-refractivity contribution in [1.82, 2.24) is 4.98 Å². The van der Waals surface area contributed by atoms with Gasteiger partial charge in [0.25, 0.3) is 5.91 Å². The summed E-state index contributed by atoms with van der Waals surface area (Å²) < 4.78 is 6.08. The molecule has 0 atom stereocenters. The molecule has 0 fully saturated rings. The standard InChI is InChI=1S/C17H14BrN3O2/c18-14-5-1-2-6-15(14)21-17(22)12-7-8-19-16(10-12)20-11-13-4-3-9-23-13/h1-10H,11H2,(H,19,20)(H,21,22). The minimum absolute atomic E-state index is 0.194. The number of rotatable bonds is 5. The monoisotopic (exact) mass is 371 g/mol. The molecule has 23 heavy (non-hydrogen) atoms. The van der Waals surface area contributed by atoms with Gasteiger partial charge in [-0.25, -0.2) is 4.98 Å². The largest absolute Gasteiger partial charge is 0.467 e. The van der Waals surface area contributed by atoms with Gasteiger partial charge < -0.3 is 15.1 Å². The summed E-state index contributed by atoms with van der Waals surface area (Å²) >= 11 is 3.41. The fourth-order valence-electron chi connectivity index (χ4n) is 2.02. The first kappa shape index (κ1) is 15.3. The van der Waals surface area contributed by atoms with Crippen LogP contribution in [0.4, 0.5) is 11.5 Å². The van der Waals surface area contributed by atoms with Gasteiger partial charge in [0.05, 0.1) is 18.5 Å². The van der Waals surface area contributed by atoms with E-state index >= 15 is 0 Å². The van der Waals surface area contributed by atoms with Gasteiger partial charge in [-0.2, -0.15) is 0 Å². The summed E-state index contributed by atoms with van der Waals surface area (Å²) in [4.78, 5) is 16.5. The topological polar surface area (TPSA) is 67.2 Å². The van der Waals surface area contributed by atoms with E-state index in [2.05, 4.69) is 31.5 Å². The summed E-state index contributed by atoms with van der Waals surface area (Å²) in [6.45, 7) is 0.509. The van der Waals surface area contributed by atoms with Crippen LogP contribution in [0.1, 0.15) is 16.1 Å². The van der Waals surface area contributed by atoms with E-state index in [4.69, 9.17) is 4.42 Å². The van der Waals surface area contributed by atoms with E-state index in [1.165, 1.54) is 0 Å². The van der Waals surface area contributed by atoms with Crippen LogP contribution in [0.25, 0.3) is 0 Å². The summed E-state index contributed by atoms with van der Waals surface area (Å²) in [7, 11) is 0. The Morgan fingerprint density at radius 3 is 2.83 bits per heavy atom. The molecular weight excluding hydrogens is 358 g/mol. The predicted molar refractivity (Wildman–Crippen MR) is 92.4 cm³/mol. The first-order valence-corrected chi connectivity index (χ1v) is 7.80. The Kier molecular flexibility index (Phi) is 4.73. The second kappa shape index (κ2) is 7.11. The molecular formula is C17H14BrN3O2. The van der Waals surface area contributed by atoms with Gasteiger partial charge in [-0.15, -0.1) is 0 Å². The third-order valence-corrected chi connectivity index (χ3v) is 3.86. The zero-order valence-corrected chi connectivity index (χ0v) is 13.7. The van der Waals surface area contributed by atoms with Gasteiger partial charge >= 0.3 is 0 Å². The molecule has 5 nitrogen and oxygen atoms in total. The normalized spacial score (nSPS) is 10.3. The van der Waals surface area contributed by atoms with Crippen molar-refractivity contribution in [1.29, 1.82) is 0 Å². The highest BCUT2D eigenvalue weighted by molar-refractivity contribution is 9.10. The molecule has 0 aliphatic heterocycles. The van der Waals surface area contributed by atoms with E-state index in [1.807, 2.05) is 36.4 Å². The van der Waals surface area contributed by atoms with Gasteiger partial charge in [-0.1, -0.05) is 12.1 Å². The fraction of sp³-hybridized carbons (Fsp3) is 0.0588. The van der Waals surface area contributed by atoms with Gasteiger partial charge in [0.15, 0.2) is 0 Å². The molecule has 1 amide bonds. The summed E-state index contributed by atoms with van der Waals surface area (Å²) in [6.07, 6.45) is 3.21. The van der Waals surface area contributed by atoms with Crippen LogP contribution < -0.4 is 10.6 Å². The fourth-order valence-corrected chi connectivity index (χ4v) is 2.40. The average Bonchev–Trinajstić information content (AvgIpc) is 3.09. The molecule has 0 aliphatic carbocycles. The number of nitrogens with zero attached hydrogens (tertiary/aromatic N) is 1. The number of aromatic nitrogens is 1. The molecule has 116 valence electrons. The molecule has 0 saturated heterocycles. The van der Waals surface area contributed by atoms with E-state index in [1.54, 1.807) is 24.6 Å². The summed E-state index contributed by atoms with van der Waals surface area (Å²) in [5.41, 5.74) is 1.25. The molecule has 0 aliphatic rings. The number of carbonyl (C=O) groups excluding carboxylic acids is 1. The Labute approximate surface area is 141 Å². The second-order valence-electron chi connectivity index (χ2n) is 4.80. The molecule has 0 unspecified atom stereocenters. The number of pyridine rings is 1. The minimum Gasteiger partial charge on any atom is -0.467 e. The van der Waals surface area contributed by atoms with Crippen LogP contribution in [-0.2, 0) is 6.54 Å². The van der Waals surface area contributed by atoms with E-state index < -0.39 is 0 Å². The van der Waals surface area contributed by atoms with Crippen LogP contribution in [0.2, 0.25) is 0 Å². The molecule has 2 aromatic heterocycles. The number of amides is 1. The van der Waals surface area contributed by atoms with Gasteiger partial charge in [0.1, 0.15) is 11.6 Å². The van der Waals surface area contributed by atoms with Gasteiger partial charge in [-0.05, 0) is 52.3 Å². The Morgan fingerprint density at radius 2 is 2.04 bits per heavy atom. The van der Waals surface area contributed by atoms with Crippen molar-refractivity contribution < 1.29 is 9.21 Å². The highest BCUT2D eigenvalue weighted by Gasteiger charge is 2.09. The molecule has 0 spiro atoms. The highest BCUT2D eigenvalue weighted by atomic mass is 79.9. The number of hydrogen-bond donors (Lipinski definition) is 2. The number of hydrogen-bond acceptors (Lipinski definition) is 4. The predicted octanol–water partition coefficient (Wildman–Crippen LogP) is 4.30. The van der Waals surface area contributed by atoms with Crippen LogP contribution in [0.5, 0.6) is 0 Å². The molecule has 6 heteroatoms. The number of benzene rings is 1. The van der Waals surface area contributed by atoms with Gasteiger partial charge in [0.2, 0.25) is 0 Å². The average molecular weight is 372 g/mol. The lowest BCUT2D eigenvalue weighted by Crippen LogP contribution is -2.13. The number of carbonyl (C=O) groups is 1. The number of para-hydroxylation sites is 1. The third-order valence-electron chi connectivity index (χ3n) is 3.17. The number of nitrogens with one attached hydrogen (secondary N) is 2. The molecule has 3 aromatic rings. The lowest BCUT2D eigenvalue weighted by molar-refractivity contribution is 0.102. The third kappa shape index (κ3) is 3.98. The van der Waals surface area contributed by atoms with Gasteiger partial charge in [-0.3, -0.25) is 4.79 Å². The summed E-state index contributed by atoms with van der Waals surface area (Å²) in [6, 6.07) is 14.5. The molecule has 2 N–H and O–H groups in total. The quantitative estimate of drug-likeness (QED) is 0.701. The van der Waals surface area contributed by atoms with Crippen LogP contribution in [0, 0.1) is 0 Å². The van der Waals surface area contributed by atoms with E-state index in [-0.39, 0.29) is 5.91 Å². The number of furan rings is 1. The molecule has 2 heterocycles. The Balaban J connectivity index is 1.69. The second-order valence-corrected chi connectivity index (χ2v) is 5.65. The van der Waals surface area contributed by atoms with Crippen molar-refractivity contribution in [2.24, 2.45) is 0 Å². The van der Waals surface area contributed by atoms with Crippen LogP contribution in [0.15, 0.2) is 69.9 Å².